The Labute approximate surface area is 170 Å². The molecule has 2 fully saturated rings. The molecule has 0 bridgehead atoms. The van der Waals surface area contributed by atoms with Crippen LogP contribution in [0.25, 0.3) is 0 Å². The van der Waals surface area contributed by atoms with E-state index in [2.05, 4.69) is 11.8 Å². The molecule has 0 aromatic heterocycles. The summed E-state index contributed by atoms with van der Waals surface area (Å²) in [6.07, 6.45) is 10.0. The van der Waals surface area contributed by atoms with Crippen molar-refractivity contribution in [3.63, 3.8) is 0 Å². The largest absolute Gasteiger partial charge is 0.504 e. The van der Waals surface area contributed by atoms with E-state index < -0.39 is 0 Å². The second-order valence-corrected chi connectivity index (χ2v) is 8.15. The predicted molar refractivity (Wildman–Crippen MR) is 111 cm³/mol. The van der Waals surface area contributed by atoms with E-state index in [1.54, 1.807) is 13.2 Å². The second-order valence-electron chi connectivity index (χ2n) is 8.15. The van der Waals surface area contributed by atoms with Gasteiger partial charge in [0.25, 0.3) is 0 Å². The Morgan fingerprint density at radius 2 is 1.96 bits per heavy atom. The first-order valence-electron chi connectivity index (χ1n) is 11.0. The zero-order valence-electron chi connectivity index (χ0n) is 17.6. The zero-order valence-corrected chi connectivity index (χ0v) is 17.6. The SMILES string of the molecule is CCCCO[C@@H]1CCN(C2CCCC[C@@H]2OCCc2ccc(O)c(OC)c2)C1. The highest BCUT2D eigenvalue weighted by molar-refractivity contribution is 5.41. The first kappa shape index (κ1) is 21.4. The molecule has 1 aliphatic heterocycles. The summed E-state index contributed by atoms with van der Waals surface area (Å²) in [6.45, 7) is 6.01. The van der Waals surface area contributed by atoms with E-state index in [0.29, 0.717) is 30.6 Å². The summed E-state index contributed by atoms with van der Waals surface area (Å²) in [5.74, 6) is 0.712. The molecule has 1 aliphatic carbocycles. The maximum absolute atomic E-state index is 9.74. The van der Waals surface area contributed by atoms with Gasteiger partial charge in [-0.2, -0.15) is 0 Å². The third kappa shape index (κ3) is 5.85. The standard InChI is InChI=1S/C23H37NO4/c1-3-4-14-27-19-11-13-24(17-19)20-7-5-6-8-22(20)28-15-12-18-9-10-21(25)23(16-18)26-2/h9-10,16,19-20,22,25H,3-8,11-15,17H2,1-2H3/t19-,20?,22+/m1/s1. The molecule has 0 spiro atoms. The number of benzene rings is 1. The maximum Gasteiger partial charge on any atom is 0.160 e. The summed E-state index contributed by atoms with van der Waals surface area (Å²) in [5, 5.41) is 9.74. The average molecular weight is 392 g/mol. The fourth-order valence-electron chi connectivity index (χ4n) is 4.48. The summed E-state index contributed by atoms with van der Waals surface area (Å²) >= 11 is 0. The van der Waals surface area contributed by atoms with Gasteiger partial charge in [-0.25, -0.2) is 0 Å². The molecule has 1 saturated heterocycles. The molecule has 1 unspecified atom stereocenters. The molecule has 158 valence electrons. The Balaban J connectivity index is 1.47. The quantitative estimate of drug-likeness (QED) is 0.607. The summed E-state index contributed by atoms with van der Waals surface area (Å²) in [6, 6.07) is 6.07. The number of hydrogen-bond acceptors (Lipinski definition) is 5. The van der Waals surface area contributed by atoms with Gasteiger partial charge in [-0.05, 0) is 49.8 Å². The van der Waals surface area contributed by atoms with Crippen LogP contribution in [0.5, 0.6) is 11.5 Å². The van der Waals surface area contributed by atoms with Gasteiger partial charge in [0.05, 0.1) is 25.9 Å². The molecular formula is C23H37NO4. The van der Waals surface area contributed by atoms with E-state index in [0.717, 1.165) is 50.9 Å². The lowest BCUT2D eigenvalue weighted by molar-refractivity contribution is -0.0345. The molecule has 1 aromatic carbocycles. The van der Waals surface area contributed by atoms with Crippen molar-refractivity contribution in [3.05, 3.63) is 23.8 Å². The number of methoxy groups -OCH3 is 1. The maximum atomic E-state index is 9.74. The van der Waals surface area contributed by atoms with Gasteiger partial charge < -0.3 is 19.3 Å². The van der Waals surface area contributed by atoms with Crippen molar-refractivity contribution in [1.82, 2.24) is 4.90 Å². The highest BCUT2D eigenvalue weighted by Crippen LogP contribution is 2.30. The number of phenols is 1. The molecule has 5 nitrogen and oxygen atoms in total. The molecule has 0 radical (unpaired) electrons. The van der Waals surface area contributed by atoms with Gasteiger partial charge in [0.2, 0.25) is 0 Å². The highest BCUT2D eigenvalue weighted by atomic mass is 16.5. The molecule has 28 heavy (non-hydrogen) atoms. The third-order valence-corrected chi connectivity index (χ3v) is 6.13. The molecule has 3 rings (SSSR count). The Morgan fingerprint density at radius 1 is 1.11 bits per heavy atom. The summed E-state index contributed by atoms with van der Waals surface area (Å²) < 4.78 is 17.6. The minimum atomic E-state index is 0.184. The van der Waals surface area contributed by atoms with E-state index in [4.69, 9.17) is 14.2 Å². The van der Waals surface area contributed by atoms with Crippen LogP contribution in [0, 0.1) is 0 Å². The van der Waals surface area contributed by atoms with Crippen LogP contribution in [-0.4, -0.2) is 61.7 Å². The second kappa shape index (κ2) is 11.0. The molecule has 1 aromatic rings. The zero-order chi connectivity index (χ0) is 19.8. The van der Waals surface area contributed by atoms with Gasteiger partial charge >= 0.3 is 0 Å². The lowest BCUT2D eigenvalue weighted by Crippen LogP contribution is -2.46. The van der Waals surface area contributed by atoms with Crippen molar-refractivity contribution in [2.45, 2.75) is 76.5 Å². The number of phenolic OH excluding ortho intramolecular Hbond substituents is 1. The minimum Gasteiger partial charge on any atom is -0.504 e. The van der Waals surface area contributed by atoms with E-state index in [-0.39, 0.29) is 5.75 Å². The highest BCUT2D eigenvalue weighted by Gasteiger charge is 2.35. The molecule has 2 aliphatic rings. The van der Waals surface area contributed by atoms with Gasteiger partial charge in [0, 0.05) is 25.7 Å². The minimum absolute atomic E-state index is 0.184. The van der Waals surface area contributed by atoms with Crippen LogP contribution in [0.15, 0.2) is 18.2 Å². The molecule has 3 atom stereocenters. The first-order chi connectivity index (χ1) is 13.7. The van der Waals surface area contributed by atoms with Crippen LogP contribution in [0.1, 0.15) is 57.4 Å². The lowest BCUT2D eigenvalue weighted by atomic mass is 9.91. The predicted octanol–water partition coefficient (Wildman–Crippen LogP) is 4.16. The van der Waals surface area contributed by atoms with E-state index in [1.165, 1.54) is 25.7 Å². The normalized spacial score (nSPS) is 25.9. The molecule has 1 N–H and O–H groups in total. The fourth-order valence-corrected chi connectivity index (χ4v) is 4.48. The van der Waals surface area contributed by atoms with Gasteiger partial charge in [0.1, 0.15) is 0 Å². The van der Waals surface area contributed by atoms with Crippen LogP contribution < -0.4 is 4.74 Å². The number of ether oxygens (including phenoxy) is 3. The van der Waals surface area contributed by atoms with Gasteiger partial charge in [-0.1, -0.05) is 32.3 Å². The average Bonchev–Trinajstić information content (AvgIpc) is 3.18. The van der Waals surface area contributed by atoms with Crippen molar-refractivity contribution in [2.24, 2.45) is 0 Å². The van der Waals surface area contributed by atoms with Gasteiger partial charge in [-0.3, -0.25) is 4.90 Å². The molecule has 1 heterocycles. The van der Waals surface area contributed by atoms with Gasteiger partial charge in [-0.15, -0.1) is 0 Å². The number of rotatable bonds is 10. The van der Waals surface area contributed by atoms with Crippen LogP contribution in [-0.2, 0) is 15.9 Å². The van der Waals surface area contributed by atoms with Crippen LogP contribution >= 0.6 is 0 Å². The third-order valence-electron chi connectivity index (χ3n) is 6.13. The molecule has 1 saturated carbocycles. The van der Waals surface area contributed by atoms with Crippen molar-refractivity contribution >= 4 is 0 Å². The van der Waals surface area contributed by atoms with Crippen molar-refractivity contribution in [3.8, 4) is 11.5 Å². The van der Waals surface area contributed by atoms with Crippen LogP contribution in [0.4, 0.5) is 0 Å². The lowest BCUT2D eigenvalue weighted by Gasteiger charge is -2.37. The monoisotopic (exact) mass is 391 g/mol. The Morgan fingerprint density at radius 3 is 2.79 bits per heavy atom. The number of likely N-dealkylation sites (tertiary alicyclic amines) is 1. The van der Waals surface area contributed by atoms with Crippen LogP contribution in [0.2, 0.25) is 0 Å². The molecular weight excluding hydrogens is 354 g/mol. The molecule has 5 heteroatoms. The first-order valence-corrected chi connectivity index (χ1v) is 11.0. The number of hydrogen-bond donors (Lipinski definition) is 1. The van der Waals surface area contributed by atoms with Crippen molar-refractivity contribution in [2.75, 3.05) is 33.4 Å². The van der Waals surface area contributed by atoms with E-state index in [1.807, 2.05) is 12.1 Å². The number of aromatic hydroxyl groups is 1. The topological polar surface area (TPSA) is 51.2 Å². The van der Waals surface area contributed by atoms with E-state index in [9.17, 15) is 5.11 Å². The van der Waals surface area contributed by atoms with E-state index >= 15 is 0 Å². The smallest absolute Gasteiger partial charge is 0.160 e. The molecule has 0 amide bonds. The number of nitrogens with zero attached hydrogens (tertiary/aromatic N) is 1. The van der Waals surface area contributed by atoms with Crippen LogP contribution in [0.3, 0.4) is 0 Å². The Bertz CT molecular complexity index is 594. The Hall–Kier alpha value is -1.30. The fraction of sp³-hybridized carbons (Fsp3) is 0.739. The Kier molecular flexibility index (Phi) is 8.44. The van der Waals surface area contributed by atoms with Gasteiger partial charge in [0.15, 0.2) is 11.5 Å². The number of unbranched alkanes of at least 4 members (excludes halogenated alkanes) is 1. The van der Waals surface area contributed by atoms with Crippen molar-refractivity contribution in [1.29, 1.82) is 0 Å². The summed E-state index contributed by atoms with van der Waals surface area (Å²) in [7, 11) is 1.58. The van der Waals surface area contributed by atoms with Crippen molar-refractivity contribution < 1.29 is 19.3 Å². The summed E-state index contributed by atoms with van der Waals surface area (Å²) in [5.41, 5.74) is 1.13. The summed E-state index contributed by atoms with van der Waals surface area (Å²) in [4.78, 5) is 2.62.